The van der Waals surface area contributed by atoms with Crippen LogP contribution < -0.4 is 19.1 Å². The number of ether oxygens (including phenoxy) is 2. The Balaban J connectivity index is 2.06. The minimum Gasteiger partial charge on any atom is -0.497 e. The van der Waals surface area contributed by atoms with Gasteiger partial charge in [0.2, 0.25) is 11.8 Å². The zero-order chi connectivity index (χ0) is 30.2. The smallest absolute Gasteiger partial charge is 0.264 e. The van der Waals surface area contributed by atoms with Crippen LogP contribution in [0, 0.1) is 12.8 Å². The average Bonchev–Trinajstić information content (AvgIpc) is 2.97. The number of nitrogens with zero attached hydrogens (tertiary/aromatic N) is 2. The maximum Gasteiger partial charge on any atom is 0.264 e. The summed E-state index contributed by atoms with van der Waals surface area (Å²) in [5.74, 6) is 0.147. The third-order valence-corrected chi connectivity index (χ3v) is 8.51. The van der Waals surface area contributed by atoms with Crippen molar-refractivity contribution in [1.29, 1.82) is 0 Å². The van der Waals surface area contributed by atoms with Gasteiger partial charge in [0.25, 0.3) is 10.0 Å². The molecule has 0 saturated heterocycles. The van der Waals surface area contributed by atoms with Crippen molar-refractivity contribution in [1.82, 2.24) is 10.2 Å². The quantitative estimate of drug-likeness (QED) is 0.321. The zero-order valence-electron chi connectivity index (χ0n) is 24.5. The molecule has 0 aliphatic rings. The molecule has 1 atom stereocenters. The van der Waals surface area contributed by atoms with Crippen LogP contribution in [0.15, 0.2) is 77.7 Å². The number of aryl methyl sites for hydroxylation is 1. The Hall–Kier alpha value is -4.05. The third kappa shape index (κ3) is 7.79. The minimum absolute atomic E-state index is 0.0230. The lowest BCUT2D eigenvalue weighted by atomic mass is 10.1. The Morgan fingerprint density at radius 2 is 1.51 bits per heavy atom. The predicted octanol–water partition coefficient (Wildman–Crippen LogP) is 4.40. The second kappa shape index (κ2) is 14.0. The highest BCUT2D eigenvalue weighted by Crippen LogP contribution is 2.33. The van der Waals surface area contributed by atoms with Crippen LogP contribution in [-0.4, -0.2) is 58.5 Å². The van der Waals surface area contributed by atoms with E-state index in [1.54, 1.807) is 43.3 Å². The van der Waals surface area contributed by atoms with Crippen LogP contribution in [0.3, 0.4) is 0 Å². The van der Waals surface area contributed by atoms with Gasteiger partial charge in [-0.05, 0) is 67.3 Å². The Labute approximate surface area is 243 Å². The monoisotopic (exact) mass is 581 g/mol. The molecule has 220 valence electrons. The first kappa shape index (κ1) is 31.5. The second-order valence-corrected chi connectivity index (χ2v) is 12.0. The van der Waals surface area contributed by atoms with Gasteiger partial charge in [-0.2, -0.15) is 0 Å². The van der Waals surface area contributed by atoms with Gasteiger partial charge in [-0.1, -0.05) is 50.2 Å². The maximum absolute atomic E-state index is 14.1. The number of benzene rings is 3. The number of anilines is 1. The molecule has 3 aromatic carbocycles. The molecule has 10 heteroatoms. The first-order chi connectivity index (χ1) is 19.5. The van der Waals surface area contributed by atoms with Gasteiger partial charge in [0, 0.05) is 13.1 Å². The van der Waals surface area contributed by atoms with Crippen LogP contribution in [0.2, 0.25) is 0 Å². The van der Waals surface area contributed by atoms with E-state index in [9.17, 15) is 18.0 Å². The van der Waals surface area contributed by atoms with E-state index in [0.29, 0.717) is 12.3 Å². The zero-order valence-corrected chi connectivity index (χ0v) is 25.3. The van der Waals surface area contributed by atoms with Gasteiger partial charge in [-0.15, -0.1) is 0 Å². The summed E-state index contributed by atoms with van der Waals surface area (Å²) in [6.07, 6.45) is 0. The van der Waals surface area contributed by atoms with Crippen LogP contribution >= 0.6 is 0 Å². The molecule has 1 N–H and O–H groups in total. The van der Waals surface area contributed by atoms with Gasteiger partial charge in [0.05, 0.1) is 24.8 Å². The molecular weight excluding hydrogens is 542 g/mol. The molecule has 0 heterocycles. The van der Waals surface area contributed by atoms with Crippen LogP contribution in [0.4, 0.5) is 5.69 Å². The number of methoxy groups -OCH3 is 2. The highest BCUT2D eigenvalue weighted by molar-refractivity contribution is 7.92. The standard InChI is InChI=1S/C31H39N3O6S/c1-22(2)19-32-31(36)24(4)33(20-25-12-8-7-11-23(25)3)30(35)21-34(28-13-9-10-14-29(28)40-6)41(37,38)27-17-15-26(39-5)16-18-27/h7-18,22,24H,19-21H2,1-6H3,(H,32,36)/t24-/m0/s1. The first-order valence-corrected chi connectivity index (χ1v) is 14.8. The van der Waals surface area contributed by atoms with Crippen molar-refractivity contribution in [2.24, 2.45) is 5.92 Å². The van der Waals surface area contributed by atoms with E-state index in [4.69, 9.17) is 9.47 Å². The number of carbonyl (C=O) groups excluding carboxylic acids is 2. The van der Waals surface area contributed by atoms with E-state index in [0.717, 1.165) is 15.4 Å². The van der Waals surface area contributed by atoms with Crippen molar-refractivity contribution < 1.29 is 27.5 Å². The van der Waals surface area contributed by atoms with Crippen molar-refractivity contribution in [2.45, 2.75) is 45.2 Å². The fourth-order valence-electron chi connectivity index (χ4n) is 4.23. The Morgan fingerprint density at radius 3 is 2.12 bits per heavy atom. The molecule has 0 aliphatic carbocycles. The second-order valence-electron chi connectivity index (χ2n) is 10.1. The van der Waals surface area contributed by atoms with Gasteiger partial charge in [0.15, 0.2) is 0 Å². The van der Waals surface area contributed by atoms with Gasteiger partial charge in [-0.3, -0.25) is 13.9 Å². The first-order valence-electron chi connectivity index (χ1n) is 13.4. The van der Waals surface area contributed by atoms with Gasteiger partial charge in [0.1, 0.15) is 24.1 Å². The summed E-state index contributed by atoms with van der Waals surface area (Å²) >= 11 is 0. The number of carbonyl (C=O) groups is 2. The number of hydrogen-bond acceptors (Lipinski definition) is 6. The molecular formula is C31H39N3O6S. The topological polar surface area (TPSA) is 105 Å². The lowest BCUT2D eigenvalue weighted by Gasteiger charge is -2.32. The molecule has 0 saturated carbocycles. The van der Waals surface area contributed by atoms with E-state index in [1.807, 2.05) is 45.0 Å². The Morgan fingerprint density at radius 1 is 0.878 bits per heavy atom. The minimum atomic E-state index is -4.24. The maximum atomic E-state index is 14.1. The van der Waals surface area contributed by atoms with Gasteiger partial charge >= 0.3 is 0 Å². The number of sulfonamides is 1. The molecule has 0 unspecified atom stereocenters. The number of para-hydroxylation sites is 2. The summed E-state index contributed by atoms with van der Waals surface area (Å²) in [6, 6.07) is 19.3. The Bertz CT molecular complexity index is 1440. The third-order valence-electron chi connectivity index (χ3n) is 6.73. The summed E-state index contributed by atoms with van der Waals surface area (Å²) in [7, 11) is -1.31. The molecule has 41 heavy (non-hydrogen) atoms. The molecule has 0 fully saturated rings. The molecule has 0 aromatic heterocycles. The normalized spacial score (nSPS) is 12.0. The summed E-state index contributed by atoms with van der Waals surface area (Å²) < 4.78 is 39.7. The van der Waals surface area contributed by atoms with Crippen LogP contribution in [-0.2, 0) is 26.2 Å². The molecule has 0 spiro atoms. The lowest BCUT2D eigenvalue weighted by molar-refractivity contribution is -0.139. The summed E-state index contributed by atoms with van der Waals surface area (Å²) in [5, 5.41) is 2.89. The fourth-order valence-corrected chi connectivity index (χ4v) is 5.65. The van der Waals surface area contributed by atoms with Crippen molar-refractivity contribution in [3.63, 3.8) is 0 Å². The van der Waals surface area contributed by atoms with Gasteiger partial charge in [-0.25, -0.2) is 8.42 Å². The molecule has 3 aromatic rings. The SMILES string of the molecule is COc1ccc(S(=O)(=O)N(CC(=O)N(Cc2ccccc2C)[C@@H](C)C(=O)NCC(C)C)c2ccccc2OC)cc1. The van der Waals surface area contributed by atoms with Crippen molar-refractivity contribution >= 4 is 27.5 Å². The molecule has 2 amide bonds. The average molecular weight is 582 g/mol. The summed E-state index contributed by atoms with van der Waals surface area (Å²) in [6.45, 7) is 7.57. The largest absolute Gasteiger partial charge is 0.497 e. The van der Waals surface area contributed by atoms with Crippen LogP contribution in [0.1, 0.15) is 31.9 Å². The molecule has 3 rings (SSSR count). The van der Waals surface area contributed by atoms with Crippen LogP contribution in [0.25, 0.3) is 0 Å². The van der Waals surface area contributed by atoms with E-state index in [-0.39, 0.29) is 34.7 Å². The van der Waals surface area contributed by atoms with Crippen molar-refractivity contribution in [2.75, 3.05) is 31.6 Å². The number of rotatable bonds is 13. The predicted molar refractivity (Wildman–Crippen MR) is 160 cm³/mol. The summed E-state index contributed by atoms with van der Waals surface area (Å²) in [5.41, 5.74) is 2.01. The Kier molecular flexibility index (Phi) is 10.8. The summed E-state index contributed by atoms with van der Waals surface area (Å²) in [4.78, 5) is 28.6. The molecule has 0 aliphatic heterocycles. The van der Waals surface area contributed by atoms with Crippen molar-refractivity contribution in [3.8, 4) is 11.5 Å². The van der Waals surface area contributed by atoms with E-state index >= 15 is 0 Å². The van der Waals surface area contributed by atoms with Crippen molar-refractivity contribution in [3.05, 3.63) is 83.9 Å². The number of amides is 2. The van der Waals surface area contributed by atoms with E-state index in [2.05, 4.69) is 5.32 Å². The van der Waals surface area contributed by atoms with Gasteiger partial charge < -0.3 is 19.7 Å². The lowest BCUT2D eigenvalue weighted by Crippen LogP contribution is -2.51. The number of hydrogen-bond donors (Lipinski definition) is 1. The van der Waals surface area contributed by atoms with Crippen LogP contribution in [0.5, 0.6) is 11.5 Å². The highest BCUT2D eigenvalue weighted by Gasteiger charge is 2.34. The molecule has 9 nitrogen and oxygen atoms in total. The molecule has 0 bridgehead atoms. The fraction of sp³-hybridized carbons (Fsp3) is 0.355. The number of nitrogens with one attached hydrogen (secondary N) is 1. The van der Waals surface area contributed by atoms with E-state index < -0.39 is 28.5 Å². The highest BCUT2D eigenvalue weighted by atomic mass is 32.2. The molecule has 0 radical (unpaired) electrons. The van der Waals surface area contributed by atoms with E-state index in [1.165, 1.54) is 31.3 Å².